The number of urea groups is 1. The molecule has 168 valence electrons. The molecule has 4 amide bonds. The Balaban J connectivity index is 1.59. The predicted molar refractivity (Wildman–Crippen MR) is 120 cm³/mol. The van der Waals surface area contributed by atoms with Crippen LogP contribution in [0.15, 0.2) is 89.8 Å². The van der Waals surface area contributed by atoms with Crippen LogP contribution in [0.4, 0.5) is 10.5 Å². The summed E-state index contributed by atoms with van der Waals surface area (Å²) in [5, 5.41) is 10.4. The van der Waals surface area contributed by atoms with Gasteiger partial charge in [-0.05, 0) is 35.4 Å². The van der Waals surface area contributed by atoms with Crippen LogP contribution in [-0.4, -0.2) is 37.7 Å². The minimum atomic E-state index is -3.87. The number of nitrogens with two attached hydrogens (primary N) is 1. The van der Waals surface area contributed by atoms with E-state index in [4.69, 9.17) is 5.14 Å². The third kappa shape index (κ3) is 4.21. The molecule has 0 unspecified atom stereocenters. The van der Waals surface area contributed by atoms with Gasteiger partial charge < -0.3 is 10.6 Å². The number of sulfonamides is 1. The van der Waals surface area contributed by atoms with Crippen LogP contribution in [0.1, 0.15) is 11.1 Å². The van der Waals surface area contributed by atoms with Gasteiger partial charge >= 0.3 is 6.03 Å². The van der Waals surface area contributed by atoms with Gasteiger partial charge in [0.05, 0.1) is 4.90 Å². The van der Waals surface area contributed by atoms with E-state index in [0.717, 1.165) is 4.90 Å². The van der Waals surface area contributed by atoms with Gasteiger partial charge in [0.15, 0.2) is 5.54 Å². The van der Waals surface area contributed by atoms with Crippen LogP contribution in [0.2, 0.25) is 0 Å². The molecule has 0 spiro atoms. The first kappa shape index (κ1) is 22.2. The van der Waals surface area contributed by atoms with E-state index in [2.05, 4.69) is 10.6 Å². The van der Waals surface area contributed by atoms with Gasteiger partial charge in [-0.3, -0.25) is 14.5 Å². The minimum Gasteiger partial charge on any atom is -0.325 e. The van der Waals surface area contributed by atoms with Crippen LogP contribution >= 0.6 is 0 Å². The Labute approximate surface area is 190 Å². The topological polar surface area (TPSA) is 139 Å². The van der Waals surface area contributed by atoms with E-state index in [9.17, 15) is 22.8 Å². The molecular weight excluding hydrogens is 444 g/mol. The van der Waals surface area contributed by atoms with Gasteiger partial charge in [0.1, 0.15) is 6.54 Å². The van der Waals surface area contributed by atoms with Crippen molar-refractivity contribution < 1.29 is 22.8 Å². The number of nitrogens with zero attached hydrogens (tertiary/aromatic N) is 1. The van der Waals surface area contributed by atoms with E-state index in [-0.39, 0.29) is 10.6 Å². The number of carbonyl (C=O) groups excluding carboxylic acids is 3. The van der Waals surface area contributed by atoms with Gasteiger partial charge in [0, 0.05) is 5.69 Å². The smallest absolute Gasteiger partial charge is 0.325 e. The van der Waals surface area contributed by atoms with Gasteiger partial charge in [-0.1, -0.05) is 60.7 Å². The molecule has 33 heavy (non-hydrogen) atoms. The Bertz CT molecular complexity index is 1270. The fourth-order valence-electron chi connectivity index (χ4n) is 3.73. The van der Waals surface area contributed by atoms with Crippen LogP contribution < -0.4 is 15.8 Å². The minimum absolute atomic E-state index is 0.106. The maximum Gasteiger partial charge on any atom is 0.326 e. The van der Waals surface area contributed by atoms with Crippen molar-refractivity contribution in [2.45, 2.75) is 10.4 Å². The normalized spacial score (nSPS) is 15.2. The van der Waals surface area contributed by atoms with Crippen molar-refractivity contribution in [2.75, 3.05) is 11.9 Å². The van der Waals surface area contributed by atoms with Crippen LogP contribution in [0.25, 0.3) is 0 Å². The molecule has 3 aromatic rings. The molecule has 0 radical (unpaired) electrons. The summed E-state index contributed by atoms with van der Waals surface area (Å²) in [7, 11) is -3.87. The number of carbonyl (C=O) groups is 3. The number of hydrogen-bond donors (Lipinski definition) is 3. The summed E-state index contributed by atoms with van der Waals surface area (Å²) < 4.78 is 22.7. The lowest BCUT2D eigenvalue weighted by Crippen LogP contribution is -2.45. The number of benzene rings is 3. The van der Waals surface area contributed by atoms with E-state index in [1.165, 1.54) is 24.3 Å². The molecule has 4 rings (SSSR count). The lowest BCUT2D eigenvalue weighted by molar-refractivity contribution is -0.133. The summed E-state index contributed by atoms with van der Waals surface area (Å²) in [4.78, 5) is 39.7. The number of nitrogens with one attached hydrogen (secondary N) is 2. The first-order valence-electron chi connectivity index (χ1n) is 9.90. The highest BCUT2D eigenvalue weighted by Crippen LogP contribution is 2.35. The van der Waals surface area contributed by atoms with E-state index in [0.29, 0.717) is 11.1 Å². The SMILES string of the molecule is NS(=O)(=O)c1ccc(NC(=O)CN2C(=O)NC(c3ccccc3)(c3ccccc3)C2=O)cc1. The highest BCUT2D eigenvalue weighted by molar-refractivity contribution is 7.89. The molecule has 0 aromatic heterocycles. The summed E-state index contributed by atoms with van der Waals surface area (Å²) in [5.74, 6) is -1.21. The molecule has 1 aliphatic rings. The Morgan fingerprint density at radius 3 is 1.88 bits per heavy atom. The van der Waals surface area contributed by atoms with Crippen molar-refractivity contribution in [2.24, 2.45) is 5.14 Å². The maximum atomic E-state index is 13.6. The zero-order valence-electron chi connectivity index (χ0n) is 17.3. The highest BCUT2D eigenvalue weighted by Gasteiger charge is 2.54. The summed E-state index contributed by atoms with van der Waals surface area (Å²) in [6.07, 6.45) is 0. The fourth-order valence-corrected chi connectivity index (χ4v) is 4.24. The summed E-state index contributed by atoms with van der Waals surface area (Å²) in [5.41, 5.74) is -0.0410. The maximum absolute atomic E-state index is 13.6. The zero-order valence-corrected chi connectivity index (χ0v) is 18.1. The molecule has 1 heterocycles. The molecule has 4 N–H and O–H groups in total. The van der Waals surface area contributed by atoms with Crippen molar-refractivity contribution >= 4 is 33.6 Å². The molecule has 1 saturated heterocycles. The van der Waals surface area contributed by atoms with Gasteiger partial charge in [-0.15, -0.1) is 0 Å². The van der Waals surface area contributed by atoms with Crippen LogP contribution in [0, 0.1) is 0 Å². The zero-order chi connectivity index (χ0) is 23.6. The van der Waals surface area contributed by atoms with E-state index >= 15 is 0 Å². The third-order valence-corrected chi connectivity index (χ3v) is 6.22. The second-order valence-electron chi connectivity index (χ2n) is 7.42. The standard InChI is InChI=1S/C23H20N4O5S/c24-33(31,32)19-13-11-18(12-14-19)25-20(28)15-27-21(29)23(26-22(27)30,16-7-3-1-4-8-16)17-9-5-2-6-10-17/h1-14H,15H2,(H,25,28)(H,26,30)(H2,24,31,32). The van der Waals surface area contributed by atoms with Crippen LogP contribution in [0.3, 0.4) is 0 Å². The van der Waals surface area contributed by atoms with Gasteiger partial charge in [0.25, 0.3) is 5.91 Å². The van der Waals surface area contributed by atoms with Crippen molar-refractivity contribution in [3.63, 3.8) is 0 Å². The number of imide groups is 1. The van der Waals surface area contributed by atoms with Gasteiger partial charge in [-0.25, -0.2) is 18.4 Å². The van der Waals surface area contributed by atoms with Crippen LogP contribution in [-0.2, 0) is 25.2 Å². The van der Waals surface area contributed by atoms with E-state index in [1.807, 2.05) is 0 Å². The molecule has 1 fully saturated rings. The average Bonchev–Trinajstić information content (AvgIpc) is 3.05. The second kappa shape index (κ2) is 8.49. The Kier molecular flexibility index (Phi) is 5.71. The first-order valence-corrected chi connectivity index (χ1v) is 11.4. The quantitative estimate of drug-likeness (QED) is 0.477. The molecule has 0 atom stereocenters. The Morgan fingerprint density at radius 2 is 1.39 bits per heavy atom. The Morgan fingerprint density at radius 1 is 0.879 bits per heavy atom. The molecular formula is C23H20N4O5S. The van der Waals surface area contributed by atoms with Crippen molar-refractivity contribution in [1.82, 2.24) is 10.2 Å². The lowest BCUT2D eigenvalue weighted by atomic mass is 9.82. The number of anilines is 1. The van der Waals surface area contributed by atoms with E-state index in [1.54, 1.807) is 60.7 Å². The first-order chi connectivity index (χ1) is 15.7. The monoisotopic (exact) mass is 464 g/mol. The molecule has 0 aliphatic carbocycles. The van der Waals surface area contributed by atoms with Crippen LogP contribution in [0.5, 0.6) is 0 Å². The van der Waals surface area contributed by atoms with E-state index < -0.39 is 40.0 Å². The van der Waals surface area contributed by atoms with Crippen molar-refractivity contribution in [1.29, 1.82) is 0 Å². The Hall–Kier alpha value is -4.02. The fraction of sp³-hybridized carbons (Fsp3) is 0.0870. The summed E-state index contributed by atoms with van der Waals surface area (Å²) >= 11 is 0. The molecule has 9 nitrogen and oxygen atoms in total. The summed E-state index contributed by atoms with van der Waals surface area (Å²) in [6.45, 7) is -0.525. The average molecular weight is 465 g/mol. The lowest BCUT2D eigenvalue weighted by Gasteiger charge is -2.28. The second-order valence-corrected chi connectivity index (χ2v) is 8.98. The number of amides is 4. The molecule has 3 aromatic carbocycles. The molecule has 0 saturated carbocycles. The highest BCUT2D eigenvalue weighted by atomic mass is 32.2. The van der Waals surface area contributed by atoms with Gasteiger partial charge in [0.2, 0.25) is 15.9 Å². The summed E-state index contributed by atoms with van der Waals surface area (Å²) in [6, 6.07) is 22.1. The van der Waals surface area contributed by atoms with Gasteiger partial charge in [-0.2, -0.15) is 0 Å². The predicted octanol–water partition coefficient (Wildman–Crippen LogP) is 1.77. The number of rotatable bonds is 6. The number of hydrogen-bond acceptors (Lipinski definition) is 5. The molecule has 0 bridgehead atoms. The molecule has 10 heteroatoms. The third-order valence-electron chi connectivity index (χ3n) is 5.29. The largest absolute Gasteiger partial charge is 0.326 e. The number of primary sulfonamides is 1. The molecule has 1 aliphatic heterocycles. The van der Waals surface area contributed by atoms with Crippen molar-refractivity contribution in [3.8, 4) is 0 Å². The van der Waals surface area contributed by atoms with Crippen molar-refractivity contribution in [3.05, 3.63) is 96.1 Å².